The Kier molecular flexibility index (Phi) is 27.4. The number of β-amino-alcohol motifs (C(OH)–C–C–N with tert-alkyl or cyclic N) is 2. The summed E-state index contributed by atoms with van der Waals surface area (Å²) in [6.07, 6.45) is 42.4. The van der Waals surface area contributed by atoms with Crippen LogP contribution in [0.1, 0.15) is 139 Å². The summed E-state index contributed by atoms with van der Waals surface area (Å²) in [4.78, 5) is 126. The standard InChI is InChI=1S/C23H25N5O2.C23H23N5O2.C22H24N6O.C22H23N5O.C21H22N6O/c2*1-16-13-27-14-19(3-4-21(27)24-16)20-12-23(30)28-15-18(2-5-22(28)25-20)17-6-8-26(9-7-17)10-11-29;1-3-26-8-6-16(7-9-26)19-14-28-21(11-23-19)25-18(10-22(28)29)17-4-5-20-24-15(2)12-27(20)13-17;1-25-9-7-15(8-10-25)17-4-6-21-23-20(12-22(28)27(21)14-17)16-3-5-19-18(11-16)13-26(2)24-19;1-14-11-26-12-16(3-4-19(26)23-14)17-9-21(28)27-13-18(22-10-20(27)24-17)15-5-7-25(2)8-6-15/h2-5,12-15,17,29H,6-11H2,1H3;2-6,12-15,29H,7-11H2,1H3;4-5,10-14,16H,3,6-9H2,1-2H3;3-6,11-15H,7-10H2,1-2H3;3-4,9-13,15H,5-8H2,1-2H3. The largest absolute Gasteiger partial charge is 0.395 e. The first-order valence-corrected chi connectivity index (χ1v) is 50.1. The molecule has 0 amide bonds. The molecule has 0 bridgehead atoms. The first-order valence-electron chi connectivity index (χ1n) is 50.1. The van der Waals surface area contributed by atoms with Crippen molar-refractivity contribution in [3.63, 3.8) is 0 Å². The first-order chi connectivity index (χ1) is 70.4. The summed E-state index contributed by atoms with van der Waals surface area (Å²) < 4.78 is 17.8. The van der Waals surface area contributed by atoms with E-state index in [9.17, 15) is 24.0 Å². The second-order valence-electron chi connectivity index (χ2n) is 39.1. The van der Waals surface area contributed by atoms with E-state index in [2.05, 4.69) is 109 Å². The maximum absolute atomic E-state index is 12.9. The number of piperidine rings is 4. The second-order valence-corrected chi connectivity index (χ2v) is 39.1. The van der Waals surface area contributed by atoms with Crippen LogP contribution in [0.4, 0.5) is 0 Å². The number of aryl methyl sites for hydroxylation is 5. The Bertz CT molecular complexity index is 8430. The molecule has 20 aromatic rings. The minimum Gasteiger partial charge on any atom is -0.395 e. The Balaban J connectivity index is 0.000000107. The summed E-state index contributed by atoms with van der Waals surface area (Å²) in [7, 11) is 6.21. The highest BCUT2D eigenvalue weighted by atomic mass is 16.3. The molecule has 738 valence electrons. The van der Waals surface area contributed by atoms with E-state index in [-0.39, 0.29) is 41.0 Å². The first kappa shape index (κ1) is 95.7. The van der Waals surface area contributed by atoms with E-state index in [1.165, 1.54) is 16.7 Å². The molecule has 0 atom stereocenters. The van der Waals surface area contributed by atoms with E-state index in [1.807, 2.05) is 230 Å². The summed E-state index contributed by atoms with van der Waals surface area (Å²) in [6, 6.07) is 41.6. The summed E-state index contributed by atoms with van der Waals surface area (Å²) in [5.41, 5.74) is 25.4. The lowest BCUT2D eigenvalue weighted by Crippen LogP contribution is -2.35. The van der Waals surface area contributed by atoms with Crippen LogP contribution >= 0.6 is 0 Å². The van der Waals surface area contributed by atoms with Gasteiger partial charge in [0.2, 0.25) is 0 Å². The van der Waals surface area contributed by atoms with Crippen LogP contribution in [0.15, 0.2) is 263 Å². The van der Waals surface area contributed by atoms with Gasteiger partial charge in [-0.2, -0.15) is 5.10 Å². The predicted molar refractivity (Wildman–Crippen MR) is 563 cm³/mol. The third kappa shape index (κ3) is 21.1. The normalized spacial score (nSPS) is 15.9. The highest BCUT2D eigenvalue weighted by Crippen LogP contribution is 2.35. The van der Waals surface area contributed by atoms with E-state index in [0.29, 0.717) is 86.9 Å². The molecule has 0 spiro atoms. The van der Waals surface area contributed by atoms with Crippen LogP contribution in [0.3, 0.4) is 0 Å². The molecule has 2 N–H and O–H groups in total. The van der Waals surface area contributed by atoms with Gasteiger partial charge in [0.1, 0.15) is 39.5 Å². The molecule has 34 nitrogen and oxygen atoms in total. The average molecular weight is 1940 g/mol. The third-order valence-electron chi connectivity index (χ3n) is 28.9. The molecular weight excluding hydrogens is 1820 g/mol. The molecule has 34 heteroatoms. The molecule has 0 radical (unpaired) electrons. The van der Waals surface area contributed by atoms with Gasteiger partial charge in [0.05, 0.1) is 93.8 Å². The van der Waals surface area contributed by atoms with Crippen LogP contribution < -0.4 is 27.8 Å². The number of benzene rings is 1. The third-order valence-corrected chi connectivity index (χ3v) is 28.9. The molecule has 0 aliphatic carbocycles. The molecular formula is C111H117N27O7. The SMILES string of the molecule is CCN1CCC(c2cn3c(=O)cc(-c4ccc5nc(C)cn5c4)nc3cn2)CC1.CN1CCC(c2ccc3nc(-c4ccc5nn(C)cc5c4)cc(=O)n3c2)CC1.Cc1cn2cc(-c3cc(=O)n4cc(C5=CCN(CCO)CC5)ccc4n3)ccc2n1.Cc1cn2cc(-c3cc(=O)n4cc(C5CCN(C)CC5)ncc4n3)ccc2n1.Cc1cn2cc(-c3cc(=O)n4cc(C5CCN(CCO)CC5)ccc4n3)ccc2n1. The van der Waals surface area contributed by atoms with Gasteiger partial charge in [-0.25, -0.2) is 44.9 Å². The lowest BCUT2D eigenvalue weighted by atomic mass is 9.90. The van der Waals surface area contributed by atoms with Crippen molar-refractivity contribution >= 4 is 67.3 Å². The van der Waals surface area contributed by atoms with Crippen LogP contribution in [-0.4, -0.2) is 251 Å². The van der Waals surface area contributed by atoms with E-state index < -0.39 is 0 Å². The number of imidazole rings is 4. The van der Waals surface area contributed by atoms with Crippen molar-refractivity contribution in [3.05, 3.63) is 341 Å². The highest BCUT2D eigenvalue weighted by Gasteiger charge is 2.27. The van der Waals surface area contributed by atoms with Gasteiger partial charge >= 0.3 is 0 Å². The van der Waals surface area contributed by atoms with Crippen molar-refractivity contribution in [1.29, 1.82) is 0 Å². The summed E-state index contributed by atoms with van der Waals surface area (Å²) in [5.74, 6) is 1.75. The zero-order valence-corrected chi connectivity index (χ0v) is 82.8. The molecule has 19 aromatic heterocycles. The van der Waals surface area contributed by atoms with Gasteiger partial charge in [0.25, 0.3) is 27.8 Å². The van der Waals surface area contributed by atoms with E-state index >= 15 is 0 Å². The fraction of sp³-hybridized carbons (Fsp3) is 0.324. The van der Waals surface area contributed by atoms with Gasteiger partial charge in [-0.3, -0.25) is 65.5 Å². The second kappa shape index (κ2) is 41.5. The molecule has 1 aromatic carbocycles. The molecule has 145 heavy (non-hydrogen) atoms. The van der Waals surface area contributed by atoms with Crippen LogP contribution in [0.5, 0.6) is 0 Å². The van der Waals surface area contributed by atoms with Crippen molar-refractivity contribution in [1.82, 2.24) is 129 Å². The van der Waals surface area contributed by atoms with Crippen LogP contribution in [-0.2, 0) is 7.05 Å². The Hall–Kier alpha value is -15.4. The zero-order valence-electron chi connectivity index (χ0n) is 82.8. The van der Waals surface area contributed by atoms with Gasteiger partial charge in [0, 0.05) is 195 Å². The topological polar surface area (TPSA) is 341 Å². The number of fused-ring (bicyclic) bond motifs is 10. The van der Waals surface area contributed by atoms with Crippen molar-refractivity contribution in [2.45, 2.75) is 116 Å². The van der Waals surface area contributed by atoms with E-state index in [4.69, 9.17) is 25.2 Å². The lowest BCUT2D eigenvalue weighted by Gasteiger charge is -2.31. The minimum absolute atomic E-state index is 0.0407. The number of hydrogen-bond acceptors (Lipinski definition) is 24. The number of pyridine rings is 7. The van der Waals surface area contributed by atoms with Crippen molar-refractivity contribution < 1.29 is 10.2 Å². The fourth-order valence-electron chi connectivity index (χ4n) is 20.8. The number of hydrogen-bond donors (Lipinski definition) is 2. The van der Waals surface area contributed by atoms with Crippen LogP contribution in [0.25, 0.3) is 124 Å². The smallest absolute Gasteiger partial charge is 0.258 e. The van der Waals surface area contributed by atoms with Gasteiger partial charge in [-0.1, -0.05) is 31.2 Å². The average Bonchev–Trinajstić information content (AvgIpc) is 1.39. The number of aromatic nitrogens is 22. The van der Waals surface area contributed by atoms with Crippen LogP contribution in [0.2, 0.25) is 0 Å². The molecule has 5 aliphatic rings. The number of likely N-dealkylation sites (tertiary alicyclic amines) is 4. The number of rotatable bonds is 15. The molecule has 0 saturated carbocycles. The summed E-state index contributed by atoms with van der Waals surface area (Å²) in [6.45, 7) is 23.1. The predicted octanol–water partition coefficient (Wildman–Crippen LogP) is 13.4. The quantitative estimate of drug-likeness (QED) is 0.0962. The number of aliphatic hydroxyl groups is 2. The Morgan fingerprint density at radius 1 is 0.317 bits per heavy atom. The monoisotopic (exact) mass is 1940 g/mol. The maximum atomic E-state index is 12.9. The van der Waals surface area contributed by atoms with E-state index in [1.54, 1.807) is 69.4 Å². The van der Waals surface area contributed by atoms with Gasteiger partial charge in [0.15, 0.2) is 11.3 Å². The highest BCUT2D eigenvalue weighted by molar-refractivity contribution is 5.84. The summed E-state index contributed by atoms with van der Waals surface area (Å²) in [5, 5.41) is 23.7. The van der Waals surface area contributed by atoms with Gasteiger partial charge in [-0.05, 0) is 278 Å². The summed E-state index contributed by atoms with van der Waals surface area (Å²) >= 11 is 0. The lowest BCUT2D eigenvalue weighted by molar-refractivity contribution is 0.164. The minimum atomic E-state index is -0.0999. The fourth-order valence-corrected chi connectivity index (χ4v) is 20.8. The Labute approximate surface area is 834 Å². The van der Waals surface area contributed by atoms with Crippen molar-refractivity contribution in [3.8, 4) is 56.3 Å². The Morgan fingerprint density at radius 3 is 1.07 bits per heavy atom. The van der Waals surface area contributed by atoms with E-state index in [0.717, 1.165) is 237 Å². The number of aliphatic hydroxyl groups excluding tert-OH is 2. The van der Waals surface area contributed by atoms with Gasteiger partial charge in [-0.15, -0.1) is 0 Å². The molecule has 25 rings (SSSR count). The molecule has 24 heterocycles. The number of nitrogens with zero attached hydrogens (tertiary/aromatic N) is 27. The maximum Gasteiger partial charge on any atom is 0.258 e. The van der Waals surface area contributed by atoms with Crippen LogP contribution in [0, 0.1) is 27.7 Å². The molecule has 4 fully saturated rings. The van der Waals surface area contributed by atoms with Crippen molar-refractivity contribution in [2.24, 2.45) is 7.05 Å². The molecule has 4 saturated heterocycles. The zero-order chi connectivity index (χ0) is 99.8. The molecule has 0 unspecified atom stereocenters. The van der Waals surface area contributed by atoms with Gasteiger partial charge < -0.3 is 47.4 Å². The van der Waals surface area contributed by atoms with Crippen molar-refractivity contribution in [2.75, 3.05) is 112 Å². The molecule has 5 aliphatic heterocycles. The Morgan fingerprint density at radius 2 is 0.662 bits per heavy atom.